The highest BCUT2D eigenvalue weighted by Gasteiger charge is 2.31. The second-order valence-corrected chi connectivity index (χ2v) is 7.11. The molecule has 1 aliphatic heterocycles. The zero-order valence-corrected chi connectivity index (χ0v) is 16.7. The molecule has 0 spiro atoms. The fourth-order valence-corrected chi connectivity index (χ4v) is 3.06. The summed E-state index contributed by atoms with van der Waals surface area (Å²) in [5, 5.41) is 1.07. The molecule has 29 heavy (non-hydrogen) atoms. The number of rotatable bonds is 4. The van der Waals surface area contributed by atoms with Gasteiger partial charge < -0.3 is 4.74 Å². The average molecular weight is 433 g/mol. The number of hydrogen-bond donors (Lipinski definition) is 1. The molecule has 148 valence electrons. The zero-order chi connectivity index (χ0) is 20.4. The number of halogens is 3. The number of hydrogen-bond acceptors (Lipinski definition) is 6. The number of aromatic nitrogens is 2. The first kappa shape index (κ1) is 19.6. The van der Waals surface area contributed by atoms with Crippen molar-refractivity contribution in [1.29, 1.82) is 0 Å². The number of benzene rings is 2. The molecule has 9 heteroatoms. The van der Waals surface area contributed by atoms with Crippen LogP contribution in [0.2, 0.25) is 10.0 Å². The van der Waals surface area contributed by atoms with Crippen LogP contribution in [0, 0.1) is 6.92 Å². The minimum Gasteiger partial charge on any atom is -0.453 e. The number of ether oxygens (including phenoxy) is 1. The summed E-state index contributed by atoms with van der Waals surface area (Å²) < 4.78 is 20.3. The van der Waals surface area contributed by atoms with E-state index in [0.29, 0.717) is 38.6 Å². The number of aliphatic imine (C=N–C) groups is 1. The van der Waals surface area contributed by atoms with Crippen molar-refractivity contribution in [2.45, 2.75) is 19.3 Å². The van der Waals surface area contributed by atoms with E-state index < -0.39 is 12.4 Å². The van der Waals surface area contributed by atoms with Gasteiger partial charge in [-0.1, -0.05) is 41.4 Å². The van der Waals surface area contributed by atoms with Crippen molar-refractivity contribution in [1.82, 2.24) is 15.4 Å². The molecule has 4 rings (SSSR count). The maximum atomic E-state index is 14.4. The molecular weight excluding hydrogens is 418 g/mol. The van der Waals surface area contributed by atoms with E-state index >= 15 is 0 Å². The maximum absolute atomic E-state index is 14.4. The third-order valence-corrected chi connectivity index (χ3v) is 4.61. The van der Waals surface area contributed by atoms with Crippen molar-refractivity contribution in [3.05, 3.63) is 81.9 Å². The molecule has 0 unspecified atom stereocenters. The van der Waals surface area contributed by atoms with Crippen LogP contribution in [0.1, 0.15) is 23.1 Å². The largest absolute Gasteiger partial charge is 0.453 e. The Kier molecular flexibility index (Phi) is 5.62. The zero-order valence-electron chi connectivity index (χ0n) is 15.1. The average Bonchev–Trinajstić information content (AvgIpc) is 2.71. The normalized spacial score (nSPS) is 18.7. The quantitative estimate of drug-likeness (QED) is 0.613. The summed E-state index contributed by atoms with van der Waals surface area (Å²) in [5.74, 6) is 1.54. The van der Waals surface area contributed by atoms with Gasteiger partial charge in [0.25, 0.3) is 0 Å². The van der Waals surface area contributed by atoms with Crippen molar-refractivity contribution < 1.29 is 14.0 Å². The fraction of sp³-hybridized carbons (Fsp3) is 0.150. The Morgan fingerprint density at radius 3 is 2.66 bits per heavy atom. The lowest BCUT2D eigenvalue weighted by Gasteiger charge is -2.25. The predicted molar refractivity (Wildman–Crippen MR) is 108 cm³/mol. The Hall–Kier alpha value is -2.74. The lowest BCUT2D eigenvalue weighted by Crippen LogP contribution is -2.37. The van der Waals surface area contributed by atoms with Crippen molar-refractivity contribution in [3.8, 4) is 11.5 Å². The number of amidine groups is 1. The Morgan fingerprint density at radius 2 is 1.90 bits per heavy atom. The van der Waals surface area contributed by atoms with Crippen molar-refractivity contribution in [3.63, 3.8) is 0 Å². The van der Waals surface area contributed by atoms with E-state index in [4.69, 9.17) is 32.8 Å². The van der Waals surface area contributed by atoms with Crippen LogP contribution < -0.4 is 10.2 Å². The van der Waals surface area contributed by atoms with Gasteiger partial charge in [0.15, 0.2) is 17.3 Å². The highest BCUT2D eigenvalue weighted by Crippen LogP contribution is 2.31. The highest BCUT2D eigenvalue weighted by molar-refractivity contribution is 6.30. The van der Waals surface area contributed by atoms with Crippen molar-refractivity contribution >= 4 is 29.0 Å². The second-order valence-electron chi connectivity index (χ2n) is 6.23. The van der Waals surface area contributed by atoms with Gasteiger partial charge in [-0.05, 0) is 42.8 Å². The summed E-state index contributed by atoms with van der Waals surface area (Å²) in [6.07, 6.45) is -0.165. The van der Waals surface area contributed by atoms with E-state index in [1.54, 1.807) is 55.5 Å². The minimum absolute atomic E-state index is 0.223. The molecule has 1 aliphatic rings. The molecule has 3 aromatic rings. The van der Waals surface area contributed by atoms with E-state index in [1.807, 2.05) is 0 Å². The number of hydroxylamine groups is 1. The summed E-state index contributed by atoms with van der Waals surface area (Å²) in [7, 11) is 0. The van der Waals surface area contributed by atoms with Gasteiger partial charge >= 0.3 is 0 Å². The van der Waals surface area contributed by atoms with Crippen LogP contribution in [0.15, 0.2) is 59.7 Å². The number of nitrogens with zero attached hydrogens (tertiary/aromatic N) is 3. The molecule has 0 fully saturated rings. The predicted octanol–water partition coefficient (Wildman–Crippen LogP) is 5.20. The SMILES string of the molecule is Cc1ncc(Oc2cccc(Cl)c2)c(C2=N[C@H](c3ccc(Cl)cc3)[C@H](F)ON2)n1. The van der Waals surface area contributed by atoms with Crippen LogP contribution in [-0.4, -0.2) is 22.2 Å². The van der Waals surface area contributed by atoms with Gasteiger partial charge in [-0.25, -0.2) is 24.7 Å². The lowest BCUT2D eigenvalue weighted by atomic mass is 10.1. The van der Waals surface area contributed by atoms with Gasteiger partial charge in [-0.2, -0.15) is 0 Å². The first-order valence-corrected chi connectivity index (χ1v) is 9.41. The molecule has 6 nitrogen and oxygen atoms in total. The van der Waals surface area contributed by atoms with E-state index in [2.05, 4.69) is 20.4 Å². The standard InChI is InChI=1S/C20H15Cl2FN4O2/c1-11-24-10-16(28-15-4-2-3-14(22)9-15)18(25-11)20-26-17(19(23)29-27-20)12-5-7-13(21)8-6-12/h2-10,17,19H,1H3,(H,26,27)/t17-,19-/m1/s1. The molecule has 2 aromatic carbocycles. The molecule has 0 saturated carbocycles. The first-order valence-electron chi connectivity index (χ1n) is 8.66. The Labute approximate surface area is 176 Å². The summed E-state index contributed by atoms with van der Waals surface area (Å²) in [6.45, 7) is 1.73. The van der Waals surface area contributed by atoms with E-state index in [0.717, 1.165) is 0 Å². The summed E-state index contributed by atoms with van der Waals surface area (Å²) in [6, 6.07) is 12.7. The van der Waals surface area contributed by atoms with Crippen LogP contribution in [0.4, 0.5) is 4.39 Å². The van der Waals surface area contributed by atoms with Gasteiger partial charge in [0.1, 0.15) is 17.6 Å². The fourth-order valence-electron chi connectivity index (χ4n) is 2.76. The summed E-state index contributed by atoms with van der Waals surface area (Å²) in [5.41, 5.74) is 3.46. The van der Waals surface area contributed by atoms with E-state index in [9.17, 15) is 4.39 Å². The van der Waals surface area contributed by atoms with Gasteiger partial charge in [0.2, 0.25) is 6.36 Å². The Balaban J connectivity index is 1.72. The summed E-state index contributed by atoms with van der Waals surface area (Å²) >= 11 is 11.9. The molecule has 0 bridgehead atoms. The molecule has 0 saturated heterocycles. The molecule has 2 heterocycles. The molecule has 0 radical (unpaired) electrons. The van der Waals surface area contributed by atoms with Crippen LogP contribution >= 0.6 is 23.2 Å². The third-order valence-electron chi connectivity index (χ3n) is 4.12. The van der Waals surface area contributed by atoms with Crippen LogP contribution in [0.3, 0.4) is 0 Å². The molecule has 0 aliphatic carbocycles. The molecule has 1 aromatic heterocycles. The molecule has 2 atom stereocenters. The van der Waals surface area contributed by atoms with Crippen LogP contribution in [0.25, 0.3) is 0 Å². The number of aryl methyl sites for hydroxylation is 1. The topological polar surface area (TPSA) is 68.6 Å². The minimum atomic E-state index is -1.68. The number of nitrogens with one attached hydrogen (secondary N) is 1. The number of alkyl halides is 1. The van der Waals surface area contributed by atoms with Crippen LogP contribution in [0.5, 0.6) is 11.5 Å². The maximum Gasteiger partial charge on any atom is 0.250 e. The molecular formula is C20H15Cl2FN4O2. The Bertz CT molecular complexity index is 1060. The third kappa shape index (κ3) is 4.48. The Morgan fingerprint density at radius 1 is 1.10 bits per heavy atom. The highest BCUT2D eigenvalue weighted by atomic mass is 35.5. The van der Waals surface area contributed by atoms with Crippen molar-refractivity contribution in [2.75, 3.05) is 0 Å². The molecule has 0 amide bonds. The van der Waals surface area contributed by atoms with Crippen LogP contribution in [-0.2, 0) is 4.84 Å². The van der Waals surface area contributed by atoms with Gasteiger partial charge in [-0.15, -0.1) is 0 Å². The smallest absolute Gasteiger partial charge is 0.250 e. The second kappa shape index (κ2) is 8.32. The monoisotopic (exact) mass is 432 g/mol. The molecule has 1 N–H and O–H groups in total. The van der Waals surface area contributed by atoms with Crippen molar-refractivity contribution in [2.24, 2.45) is 4.99 Å². The van der Waals surface area contributed by atoms with E-state index in [-0.39, 0.29) is 5.84 Å². The van der Waals surface area contributed by atoms with Gasteiger partial charge in [0, 0.05) is 10.0 Å². The van der Waals surface area contributed by atoms with E-state index in [1.165, 1.54) is 6.20 Å². The summed E-state index contributed by atoms with van der Waals surface area (Å²) in [4.78, 5) is 18.1. The van der Waals surface area contributed by atoms with Gasteiger partial charge in [-0.3, -0.25) is 4.99 Å². The first-order chi connectivity index (χ1) is 14.0. The lowest BCUT2D eigenvalue weighted by molar-refractivity contribution is -0.0959. The van der Waals surface area contributed by atoms with Gasteiger partial charge in [0.05, 0.1) is 6.20 Å².